The van der Waals surface area contributed by atoms with Crippen molar-refractivity contribution in [2.24, 2.45) is 0 Å². The van der Waals surface area contributed by atoms with Gasteiger partial charge in [0, 0.05) is 0 Å². The first-order valence-corrected chi connectivity index (χ1v) is 8.02. The summed E-state index contributed by atoms with van der Waals surface area (Å²) >= 11 is 0. The van der Waals surface area contributed by atoms with Crippen molar-refractivity contribution in [2.45, 2.75) is 20.0 Å². The first kappa shape index (κ1) is 17.5. The highest BCUT2D eigenvalue weighted by molar-refractivity contribution is 5.93. The maximum absolute atomic E-state index is 12.7. The zero-order valence-electron chi connectivity index (χ0n) is 14.6. The molecule has 134 valence electrons. The minimum atomic E-state index is -1.39. The molecule has 1 aromatic heterocycles. The van der Waals surface area contributed by atoms with E-state index in [1.165, 1.54) is 4.68 Å². The molecule has 26 heavy (non-hydrogen) atoms. The van der Waals surface area contributed by atoms with Gasteiger partial charge in [-0.25, -0.2) is 9.48 Å². The zero-order chi connectivity index (χ0) is 18.8. The van der Waals surface area contributed by atoms with Gasteiger partial charge in [0.15, 0.2) is 0 Å². The lowest BCUT2D eigenvalue weighted by molar-refractivity contribution is 0.0687. The van der Waals surface area contributed by atoms with E-state index < -0.39 is 17.1 Å². The normalized spacial score (nSPS) is 10.9. The largest absolute Gasteiger partial charge is 0.497 e. The summed E-state index contributed by atoms with van der Waals surface area (Å²) in [4.78, 5) is 24.2. The van der Waals surface area contributed by atoms with Crippen LogP contribution < -0.4 is 14.9 Å². The summed E-state index contributed by atoms with van der Waals surface area (Å²) in [7, 11) is 1.56. The van der Waals surface area contributed by atoms with Gasteiger partial charge in [-0.05, 0) is 50.2 Å². The van der Waals surface area contributed by atoms with E-state index in [-0.39, 0.29) is 11.5 Å². The highest BCUT2D eigenvalue weighted by Crippen LogP contribution is 2.26. The molecule has 3 aromatic rings. The van der Waals surface area contributed by atoms with Crippen LogP contribution in [0.3, 0.4) is 0 Å². The first-order chi connectivity index (χ1) is 12.4. The number of carbonyl (C=O) groups is 1. The number of ether oxygens (including phenoxy) is 2. The van der Waals surface area contributed by atoms with E-state index in [2.05, 4.69) is 5.10 Å². The lowest BCUT2D eigenvalue weighted by Crippen LogP contribution is -2.23. The standard InChI is InChI=1S/C19H18N2O5/c1-11(2)26-15-6-4-5-14-16(15)18(22)17(19(23)24)20-21(14)12-7-9-13(25-3)10-8-12/h4-11H,1-3H3,(H,23,24). The lowest BCUT2D eigenvalue weighted by atomic mass is 10.1. The summed E-state index contributed by atoms with van der Waals surface area (Å²) in [5.74, 6) is -0.408. The average Bonchev–Trinajstić information content (AvgIpc) is 2.61. The molecule has 0 saturated carbocycles. The highest BCUT2D eigenvalue weighted by atomic mass is 16.5. The van der Waals surface area contributed by atoms with Gasteiger partial charge in [-0.15, -0.1) is 0 Å². The summed E-state index contributed by atoms with van der Waals surface area (Å²) in [5.41, 5.74) is -0.176. The number of benzene rings is 2. The van der Waals surface area contributed by atoms with Crippen LogP contribution in [0, 0.1) is 0 Å². The van der Waals surface area contributed by atoms with Gasteiger partial charge in [0.1, 0.15) is 11.5 Å². The molecule has 0 aliphatic carbocycles. The first-order valence-electron chi connectivity index (χ1n) is 8.02. The molecule has 0 saturated heterocycles. The Labute approximate surface area is 149 Å². The SMILES string of the molecule is COc1ccc(-n2nc(C(=O)O)c(=O)c3c(OC(C)C)cccc32)cc1. The topological polar surface area (TPSA) is 90.7 Å². The maximum atomic E-state index is 12.7. The predicted molar refractivity (Wildman–Crippen MR) is 96.6 cm³/mol. The number of hydrogen-bond donors (Lipinski definition) is 1. The third-order valence-corrected chi connectivity index (χ3v) is 3.76. The Balaban J connectivity index is 2.36. The van der Waals surface area contributed by atoms with E-state index in [4.69, 9.17) is 9.47 Å². The van der Waals surface area contributed by atoms with Gasteiger partial charge in [-0.3, -0.25) is 4.79 Å². The monoisotopic (exact) mass is 354 g/mol. The van der Waals surface area contributed by atoms with Crippen LogP contribution in [0.15, 0.2) is 47.3 Å². The molecule has 0 atom stereocenters. The van der Waals surface area contributed by atoms with Crippen molar-refractivity contribution in [3.8, 4) is 17.2 Å². The second-order valence-corrected chi connectivity index (χ2v) is 5.91. The van der Waals surface area contributed by atoms with Crippen LogP contribution in [0.1, 0.15) is 24.3 Å². The van der Waals surface area contributed by atoms with E-state index in [1.54, 1.807) is 49.6 Å². The van der Waals surface area contributed by atoms with E-state index >= 15 is 0 Å². The summed E-state index contributed by atoms with van der Waals surface area (Å²) in [6.45, 7) is 3.67. The fraction of sp³-hybridized carbons (Fsp3) is 0.211. The Morgan fingerprint density at radius 2 is 1.85 bits per heavy atom. The number of carboxylic acids is 1. The highest BCUT2D eigenvalue weighted by Gasteiger charge is 2.20. The van der Waals surface area contributed by atoms with Crippen LogP contribution >= 0.6 is 0 Å². The number of aromatic nitrogens is 2. The second-order valence-electron chi connectivity index (χ2n) is 5.91. The van der Waals surface area contributed by atoms with Gasteiger partial charge in [-0.2, -0.15) is 5.10 Å². The molecule has 7 heteroatoms. The van der Waals surface area contributed by atoms with Crippen LogP contribution in [-0.4, -0.2) is 34.1 Å². The van der Waals surface area contributed by atoms with E-state index in [0.717, 1.165) is 0 Å². The smallest absolute Gasteiger partial charge is 0.360 e. The molecule has 0 aliphatic heterocycles. The molecular formula is C19H18N2O5. The predicted octanol–water partition coefficient (Wildman–Crippen LogP) is 2.88. The molecule has 0 amide bonds. The van der Waals surface area contributed by atoms with Crippen molar-refractivity contribution in [1.82, 2.24) is 9.78 Å². The Hall–Kier alpha value is -3.35. The number of hydrogen-bond acceptors (Lipinski definition) is 5. The molecule has 0 unspecified atom stereocenters. The number of fused-ring (bicyclic) bond motifs is 1. The molecule has 0 bridgehead atoms. The average molecular weight is 354 g/mol. The number of carboxylic acid groups (broad SMARTS) is 1. The van der Waals surface area contributed by atoms with Gasteiger partial charge in [0.2, 0.25) is 11.1 Å². The summed E-state index contributed by atoms with van der Waals surface area (Å²) < 4.78 is 12.3. The molecule has 0 spiro atoms. The number of rotatable bonds is 5. The van der Waals surface area contributed by atoms with Crippen molar-refractivity contribution < 1.29 is 19.4 Å². The quantitative estimate of drug-likeness (QED) is 0.758. The molecule has 0 aliphatic rings. The molecule has 1 heterocycles. The Kier molecular flexibility index (Phi) is 4.62. The van der Waals surface area contributed by atoms with Crippen molar-refractivity contribution in [1.29, 1.82) is 0 Å². The van der Waals surface area contributed by atoms with E-state index in [9.17, 15) is 14.7 Å². The van der Waals surface area contributed by atoms with Crippen LogP contribution in [-0.2, 0) is 0 Å². The second kappa shape index (κ2) is 6.87. The third-order valence-electron chi connectivity index (χ3n) is 3.76. The molecule has 1 N–H and O–H groups in total. The third kappa shape index (κ3) is 3.11. The van der Waals surface area contributed by atoms with Gasteiger partial charge >= 0.3 is 5.97 Å². The Bertz CT molecular complexity index is 1020. The van der Waals surface area contributed by atoms with E-state index in [1.807, 2.05) is 13.8 Å². The molecule has 3 rings (SSSR count). The Morgan fingerprint density at radius 1 is 1.15 bits per heavy atom. The van der Waals surface area contributed by atoms with Crippen molar-refractivity contribution in [2.75, 3.05) is 7.11 Å². The van der Waals surface area contributed by atoms with Gasteiger partial charge in [-0.1, -0.05) is 6.07 Å². The zero-order valence-corrected chi connectivity index (χ0v) is 14.6. The number of nitrogens with zero attached hydrogens (tertiary/aromatic N) is 2. The minimum absolute atomic E-state index is 0.170. The van der Waals surface area contributed by atoms with Crippen molar-refractivity contribution in [3.05, 3.63) is 58.4 Å². The minimum Gasteiger partial charge on any atom is -0.497 e. The summed E-state index contributed by atoms with van der Waals surface area (Å²) in [6.07, 6.45) is -0.170. The molecular weight excluding hydrogens is 336 g/mol. The molecule has 7 nitrogen and oxygen atoms in total. The van der Waals surface area contributed by atoms with Crippen LogP contribution in [0.4, 0.5) is 0 Å². The van der Waals surface area contributed by atoms with E-state index in [0.29, 0.717) is 22.7 Å². The summed E-state index contributed by atoms with van der Waals surface area (Å²) in [6, 6.07) is 12.0. The Morgan fingerprint density at radius 3 is 2.42 bits per heavy atom. The van der Waals surface area contributed by atoms with Crippen LogP contribution in [0.5, 0.6) is 11.5 Å². The number of methoxy groups -OCH3 is 1. The number of aromatic carboxylic acids is 1. The van der Waals surface area contributed by atoms with Crippen molar-refractivity contribution >= 4 is 16.9 Å². The van der Waals surface area contributed by atoms with Gasteiger partial charge in [0.25, 0.3) is 0 Å². The van der Waals surface area contributed by atoms with Gasteiger partial charge in [0.05, 0.1) is 29.8 Å². The summed E-state index contributed by atoms with van der Waals surface area (Å²) in [5, 5.41) is 13.7. The fourth-order valence-corrected chi connectivity index (χ4v) is 2.65. The molecule has 0 radical (unpaired) electrons. The van der Waals surface area contributed by atoms with Crippen LogP contribution in [0.2, 0.25) is 0 Å². The molecule has 0 fully saturated rings. The fourth-order valence-electron chi connectivity index (χ4n) is 2.65. The maximum Gasteiger partial charge on any atom is 0.360 e. The van der Waals surface area contributed by atoms with Crippen LogP contribution in [0.25, 0.3) is 16.6 Å². The molecule has 2 aromatic carbocycles. The van der Waals surface area contributed by atoms with Gasteiger partial charge < -0.3 is 14.6 Å². The van der Waals surface area contributed by atoms with Crippen molar-refractivity contribution in [3.63, 3.8) is 0 Å². The lowest BCUT2D eigenvalue weighted by Gasteiger charge is -2.15.